The van der Waals surface area contributed by atoms with Gasteiger partial charge in [-0.15, -0.1) is 11.6 Å². The summed E-state index contributed by atoms with van der Waals surface area (Å²) in [4.78, 5) is 6.95. The third-order valence-corrected chi connectivity index (χ3v) is 4.42. The van der Waals surface area contributed by atoms with Crippen molar-refractivity contribution in [1.29, 1.82) is 0 Å². The highest BCUT2D eigenvalue weighted by Gasteiger charge is 2.26. The maximum Gasteiger partial charge on any atom is 0.133 e. The molecule has 1 aliphatic heterocycles. The van der Waals surface area contributed by atoms with E-state index in [1.165, 1.54) is 12.8 Å². The number of pyridine rings is 1. The zero-order valence-electron chi connectivity index (χ0n) is 10.3. The van der Waals surface area contributed by atoms with Gasteiger partial charge in [-0.05, 0) is 47.7 Å². The molecule has 2 atom stereocenters. The molecule has 2 unspecified atom stereocenters. The van der Waals surface area contributed by atoms with Crippen molar-refractivity contribution in [2.45, 2.75) is 38.6 Å². The first-order chi connectivity index (χ1) is 8.13. The molecule has 0 amide bonds. The fourth-order valence-corrected chi connectivity index (χ4v) is 3.04. The van der Waals surface area contributed by atoms with Crippen LogP contribution in [0.4, 0.5) is 5.82 Å². The Morgan fingerprint density at radius 2 is 2.29 bits per heavy atom. The molecule has 0 aromatic carbocycles. The standard InChI is InChI=1S/C13H18BrClN2/c1-9-4-3-5-17(10(9)2)13-11(7-15)6-12(14)8-16-13/h6,8-10H,3-5,7H2,1-2H3. The Labute approximate surface area is 116 Å². The van der Waals surface area contributed by atoms with Crippen LogP contribution in [0.3, 0.4) is 0 Å². The predicted molar refractivity (Wildman–Crippen MR) is 76.7 cm³/mol. The van der Waals surface area contributed by atoms with E-state index in [0.717, 1.165) is 28.3 Å². The van der Waals surface area contributed by atoms with Crippen molar-refractivity contribution in [2.24, 2.45) is 5.92 Å². The van der Waals surface area contributed by atoms with Crippen molar-refractivity contribution < 1.29 is 0 Å². The van der Waals surface area contributed by atoms with E-state index < -0.39 is 0 Å². The molecule has 0 spiro atoms. The maximum atomic E-state index is 6.02. The number of nitrogens with zero attached hydrogens (tertiary/aromatic N) is 2. The molecule has 94 valence electrons. The number of aromatic nitrogens is 1. The lowest BCUT2D eigenvalue weighted by Crippen LogP contribution is -2.43. The third-order valence-electron chi connectivity index (χ3n) is 3.70. The van der Waals surface area contributed by atoms with Gasteiger partial charge in [0, 0.05) is 28.8 Å². The number of halogens is 2. The molecule has 0 radical (unpaired) electrons. The second-order valence-corrected chi connectivity index (χ2v) is 6.01. The highest BCUT2D eigenvalue weighted by molar-refractivity contribution is 9.10. The normalized spacial score (nSPS) is 25.1. The lowest BCUT2D eigenvalue weighted by molar-refractivity contribution is 0.361. The van der Waals surface area contributed by atoms with Gasteiger partial charge in [-0.3, -0.25) is 0 Å². The molecule has 0 saturated carbocycles. The number of piperidine rings is 1. The van der Waals surface area contributed by atoms with Crippen LogP contribution in [-0.4, -0.2) is 17.6 Å². The first kappa shape index (κ1) is 13.2. The highest BCUT2D eigenvalue weighted by Crippen LogP contribution is 2.31. The molecular weight excluding hydrogens is 300 g/mol. The van der Waals surface area contributed by atoms with Crippen LogP contribution in [0.15, 0.2) is 16.7 Å². The Bertz CT molecular complexity index is 397. The van der Waals surface area contributed by atoms with Crippen molar-refractivity contribution in [3.05, 3.63) is 22.3 Å². The lowest BCUT2D eigenvalue weighted by atomic mass is 9.92. The van der Waals surface area contributed by atoms with Crippen molar-refractivity contribution in [2.75, 3.05) is 11.4 Å². The minimum absolute atomic E-state index is 0.513. The Balaban J connectivity index is 2.32. The molecule has 2 heterocycles. The maximum absolute atomic E-state index is 6.02. The molecule has 2 nitrogen and oxygen atoms in total. The van der Waals surface area contributed by atoms with Gasteiger partial charge >= 0.3 is 0 Å². The van der Waals surface area contributed by atoms with Gasteiger partial charge in [-0.2, -0.15) is 0 Å². The molecule has 4 heteroatoms. The second-order valence-electron chi connectivity index (χ2n) is 4.82. The summed E-state index contributed by atoms with van der Waals surface area (Å²) in [5.74, 6) is 2.29. The monoisotopic (exact) mass is 316 g/mol. The van der Waals surface area contributed by atoms with Crippen molar-refractivity contribution in [3.8, 4) is 0 Å². The SMILES string of the molecule is CC1CCCN(c2ncc(Br)cc2CCl)C1C. The van der Waals surface area contributed by atoms with Crippen LogP contribution >= 0.6 is 27.5 Å². The largest absolute Gasteiger partial charge is 0.353 e. The highest BCUT2D eigenvalue weighted by atomic mass is 79.9. The molecule has 0 aliphatic carbocycles. The molecule has 1 aliphatic rings. The van der Waals surface area contributed by atoms with Crippen LogP contribution < -0.4 is 4.90 Å². The van der Waals surface area contributed by atoms with Crippen molar-refractivity contribution >= 4 is 33.3 Å². The third kappa shape index (κ3) is 2.76. The van der Waals surface area contributed by atoms with Gasteiger partial charge in [0.25, 0.3) is 0 Å². The van der Waals surface area contributed by atoms with E-state index in [1.54, 1.807) is 0 Å². The Hall–Kier alpha value is -0.280. The molecule has 1 aromatic rings. The van der Waals surface area contributed by atoms with E-state index in [9.17, 15) is 0 Å². The number of hydrogen-bond donors (Lipinski definition) is 0. The summed E-state index contributed by atoms with van der Waals surface area (Å²) < 4.78 is 0.995. The number of rotatable bonds is 2. The second kappa shape index (κ2) is 5.57. The Kier molecular flexibility index (Phi) is 4.31. The summed E-state index contributed by atoms with van der Waals surface area (Å²) in [6, 6.07) is 2.61. The number of hydrogen-bond acceptors (Lipinski definition) is 2. The summed E-state index contributed by atoms with van der Waals surface area (Å²) in [6.45, 7) is 5.69. The van der Waals surface area contributed by atoms with Crippen LogP contribution in [-0.2, 0) is 5.88 Å². The van der Waals surface area contributed by atoms with Crippen LogP contribution in [0, 0.1) is 5.92 Å². The minimum atomic E-state index is 0.513. The lowest BCUT2D eigenvalue weighted by Gasteiger charge is -2.39. The van der Waals surface area contributed by atoms with Gasteiger partial charge in [0.1, 0.15) is 5.82 Å². The molecular formula is C13H18BrClN2. The summed E-state index contributed by atoms with van der Waals surface area (Å²) >= 11 is 9.47. The van der Waals surface area contributed by atoms with Gasteiger partial charge in [-0.25, -0.2) is 4.98 Å². The topological polar surface area (TPSA) is 16.1 Å². The molecule has 1 fully saturated rings. The van der Waals surface area contributed by atoms with Gasteiger partial charge in [0.05, 0.1) is 5.88 Å². The Morgan fingerprint density at radius 1 is 1.53 bits per heavy atom. The average molecular weight is 318 g/mol. The first-order valence-electron chi connectivity index (χ1n) is 6.10. The molecule has 17 heavy (non-hydrogen) atoms. The number of alkyl halides is 1. The van der Waals surface area contributed by atoms with Gasteiger partial charge < -0.3 is 4.90 Å². The summed E-state index contributed by atoms with van der Waals surface area (Å²) in [5.41, 5.74) is 1.11. The quantitative estimate of drug-likeness (QED) is 0.760. The fraction of sp³-hybridized carbons (Fsp3) is 0.615. The van der Waals surface area contributed by atoms with Crippen LogP contribution in [0.25, 0.3) is 0 Å². The zero-order valence-corrected chi connectivity index (χ0v) is 12.6. The van der Waals surface area contributed by atoms with Crippen LogP contribution in [0.5, 0.6) is 0 Å². The molecule has 0 bridgehead atoms. The van der Waals surface area contributed by atoms with Gasteiger partial charge in [-0.1, -0.05) is 6.92 Å². The first-order valence-corrected chi connectivity index (χ1v) is 7.43. The van der Waals surface area contributed by atoms with Crippen LogP contribution in [0.2, 0.25) is 0 Å². The molecule has 0 N–H and O–H groups in total. The summed E-state index contributed by atoms with van der Waals surface area (Å²) in [6.07, 6.45) is 4.41. The van der Waals surface area contributed by atoms with E-state index in [4.69, 9.17) is 11.6 Å². The van der Waals surface area contributed by atoms with Gasteiger partial charge in [0.15, 0.2) is 0 Å². The molecule has 1 aromatic heterocycles. The summed E-state index contributed by atoms with van der Waals surface area (Å²) in [7, 11) is 0. The molecule has 1 saturated heterocycles. The van der Waals surface area contributed by atoms with E-state index in [2.05, 4.69) is 45.7 Å². The Morgan fingerprint density at radius 3 is 3.00 bits per heavy atom. The van der Waals surface area contributed by atoms with Crippen molar-refractivity contribution in [3.63, 3.8) is 0 Å². The van der Waals surface area contributed by atoms with E-state index in [1.807, 2.05) is 6.20 Å². The zero-order chi connectivity index (χ0) is 12.4. The van der Waals surface area contributed by atoms with Crippen LogP contribution in [0.1, 0.15) is 32.3 Å². The number of anilines is 1. The van der Waals surface area contributed by atoms with Crippen molar-refractivity contribution in [1.82, 2.24) is 4.98 Å². The van der Waals surface area contributed by atoms with E-state index in [0.29, 0.717) is 11.9 Å². The predicted octanol–water partition coefficient (Wildman–Crippen LogP) is 4.21. The summed E-state index contributed by atoms with van der Waals surface area (Å²) in [5, 5.41) is 0. The minimum Gasteiger partial charge on any atom is -0.353 e. The molecule has 2 rings (SSSR count). The smallest absolute Gasteiger partial charge is 0.133 e. The van der Waals surface area contributed by atoms with Gasteiger partial charge in [0.2, 0.25) is 0 Å². The average Bonchev–Trinajstić information content (AvgIpc) is 2.33. The van der Waals surface area contributed by atoms with E-state index >= 15 is 0 Å². The van der Waals surface area contributed by atoms with E-state index in [-0.39, 0.29) is 0 Å². The fourth-order valence-electron chi connectivity index (χ4n) is 2.47.